The summed E-state index contributed by atoms with van der Waals surface area (Å²) in [5, 5.41) is 13.5. The second-order valence-corrected chi connectivity index (χ2v) is 13.1. The molecule has 1 aliphatic rings. The predicted molar refractivity (Wildman–Crippen MR) is 191 cm³/mol. The van der Waals surface area contributed by atoms with Gasteiger partial charge in [-0.1, -0.05) is 38.5 Å². The minimum Gasteiger partial charge on any atom is -0.354 e. The van der Waals surface area contributed by atoms with Crippen molar-refractivity contribution in [3.63, 3.8) is 0 Å². The Labute approximate surface area is 291 Å². The smallest absolute Gasteiger partial charge is 0.326 e. The highest BCUT2D eigenvalue weighted by Gasteiger charge is 2.26. The Bertz CT molecular complexity index is 1890. The molecular formula is C37H48N8O5. The summed E-state index contributed by atoms with van der Waals surface area (Å²) in [6.07, 6.45) is 2.38. The van der Waals surface area contributed by atoms with Gasteiger partial charge < -0.3 is 25.8 Å². The van der Waals surface area contributed by atoms with Gasteiger partial charge in [0, 0.05) is 56.0 Å². The number of imidazole rings is 1. The number of benzene rings is 2. The molecule has 0 saturated heterocycles. The molecule has 2 bridgehead atoms. The number of H-pyrrole nitrogens is 1. The zero-order chi connectivity index (χ0) is 35.8. The fourth-order valence-electron chi connectivity index (χ4n) is 6.40. The minimum atomic E-state index is -0.707. The molecule has 266 valence electrons. The zero-order valence-corrected chi connectivity index (χ0v) is 29.4. The molecule has 0 saturated carbocycles. The van der Waals surface area contributed by atoms with Gasteiger partial charge in [0.1, 0.15) is 6.04 Å². The molecule has 1 aliphatic heterocycles. The molecule has 5 rings (SSSR count). The van der Waals surface area contributed by atoms with Gasteiger partial charge >= 0.3 is 5.69 Å². The van der Waals surface area contributed by atoms with Crippen LogP contribution in [-0.2, 0) is 27.3 Å². The fraction of sp³-hybridized carbons (Fsp3) is 0.459. The summed E-state index contributed by atoms with van der Waals surface area (Å²) in [5.41, 5.74) is 4.76. The highest BCUT2D eigenvalue weighted by molar-refractivity contribution is 5.97. The molecule has 13 nitrogen and oxygen atoms in total. The molecule has 4 N–H and O–H groups in total. The van der Waals surface area contributed by atoms with Gasteiger partial charge in [0.2, 0.25) is 17.7 Å². The van der Waals surface area contributed by atoms with Gasteiger partial charge in [0.25, 0.3) is 5.91 Å². The molecule has 4 aromatic rings. The quantitative estimate of drug-likeness (QED) is 0.253. The summed E-state index contributed by atoms with van der Waals surface area (Å²) >= 11 is 0. The monoisotopic (exact) mass is 684 g/mol. The molecule has 3 heterocycles. The number of carbonyl (C=O) groups excluding carboxylic acids is 4. The van der Waals surface area contributed by atoms with Crippen molar-refractivity contribution in [2.45, 2.75) is 78.8 Å². The van der Waals surface area contributed by atoms with E-state index in [-0.39, 0.29) is 48.1 Å². The summed E-state index contributed by atoms with van der Waals surface area (Å²) in [6, 6.07) is 14.1. The predicted octanol–water partition coefficient (Wildman–Crippen LogP) is 3.15. The number of rotatable bonds is 5. The number of nitrogens with one attached hydrogen (secondary N) is 4. The second kappa shape index (κ2) is 16.5. The van der Waals surface area contributed by atoms with E-state index >= 15 is 0 Å². The van der Waals surface area contributed by atoms with Crippen LogP contribution in [0.1, 0.15) is 73.3 Å². The molecule has 2 atom stereocenters. The van der Waals surface area contributed by atoms with Gasteiger partial charge in [-0.15, -0.1) is 0 Å². The first kappa shape index (κ1) is 36.1. The Kier molecular flexibility index (Phi) is 11.9. The van der Waals surface area contributed by atoms with Crippen molar-refractivity contribution in [3.05, 3.63) is 81.5 Å². The van der Waals surface area contributed by atoms with Crippen molar-refractivity contribution < 1.29 is 19.2 Å². The van der Waals surface area contributed by atoms with Gasteiger partial charge in [-0.3, -0.25) is 23.7 Å². The van der Waals surface area contributed by atoms with Gasteiger partial charge in [-0.2, -0.15) is 5.10 Å². The van der Waals surface area contributed by atoms with Crippen molar-refractivity contribution in [2.24, 2.45) is 5.92 Å². The average molecular weight is 685 g/mol. The third-order valence-corrected chi connectivity index (χ3v) is 9.55. The molecular weight excluding hydrogens is 636 g/mol. The van der Waals surface area contributed by atoms with E-state index in [1.807, 2.05) is 62.7 Å². The van der Waals surface area contributed by atoms with Crippen LogP contribution < -0.4 is 21.6 Å². The van der Waals surface area contributed by atoms with Crippen LogP contribution in [0.25, 0.3) is 16.7 Å². The largest absolute Gasteiger partial charge is 0.354 e. The topological polar surface area (TPSA) is 163 Å². The molecule has 50 heavy (non-hydrogen) atoms. The summed E-state index contributed by atoms with van der Waals surface area (Å²) in [5.74, 6) is -1.01. The molecule has 0 unspecified atom stereocenters. The molecule has 2 aromatic carbocycles. The fourth-order valence-corrected chi connectivity index (χ4v) is 6.40. The molecule has 13 heteroatoms. The highest BCUT2D eigenvalue weighted by atomic mass is 16.2. The van der Waals surface area contributed by atoms with E-state index in [1.165, 1.54) is 0 Å². The van der Waals surface area contributed by atoms with Crippen LogP contribution >= 0.6 is 0 Å². The number of carbonyl (C=O) groups is 4. The number of fused-ring (bicyclic) bond motifs is 1. The summed E-state index contributed by atoms with van der Waals surface area (Å²) in [6.45, 7) is 9.43. The van der Waals surface area contributed by atoms with Crippen molar-refractivity contribution in [1.29, 1.82) is 0 Å². The van der Waals surface area contributed by atoms with Crippen LogP contribution in [0.15, 0.2) is 53.3 Å². The third kappa shape index (κ3) is 8.50. The Morgan fingerprint density at radius 3 is 2.42 bits per heavy atom. The first-order valence-corrected chi connectivity index (χ1v) is 17.5. The number of aryl methyl sites for hydroxylation is 2. The van der Waals surface area contributed by atoms with Crippen LogP contribution in [0.4, 0.5) is 0 Å². The van der Waals surface area contributed by atoms with Gasteiger partial charge in [0.15, 0.2) is 0 Å². The molecule has 0 fully saturated rings. The molecule has 0 aliphatic carbocycles. The number of aromatic amines is 1. The summed E-state index contributed by atoms with van der Waals surface area (Å²) < 4.78 is 3.41. The van der Waals surface area contributed by atoms with Crippen molar-refractivity contribution in [3.8, 4) is 5.69 Å². The normalized spacial score (nSPS) is 17.9. The lowest BCUT2D eigenvalue weighted by Gasteiger charge is -2.25. The number of hydrogen-bond donors (Lipinski definition) is 4. The zero-order valence-electron chi connectivity index (χ0n) is 29.4. The average Bonchev–Trinajstić information content (AvgIpc) is 3.58. The van der Waals surface area contributed by atoms with Gasteiger partial charge in [-0.25, -0.2) is 9.48 Å². The summed E-state index contributed by atoms with van der Waals surface area (Å²) in [4.78, 5) is 70.6. The molecule has 4 amide bonds. The number of aromatic nitrogens is 4. The summed E-state index contributed by atoms with van der Waals surface area (Å²) in [7, 11) is 0. The van der Waals surface area contributed by atoms with Crippen molar-refractivity contribution >= 4 is 34.7 Å². The van der Waals surface area contributed by atoms with Crippen LogP contribution in [0.5, 0.6) is 0 Å². The Morgan fingerprint density at radius 1 is 0.940 bits per heavy atom. The standard InChI is InChI=1S/C37H48N8O5/c1-5-24(2)34-36(49)39-18-11-21-44-31-22-27(15-16-30(31)40-37(44)50)35(48)38-17-10-20-43(19-9-14-32(46)41-34)33(47)23-29-25(3)42-45(26(29)4)28-12-7-6-8-13-28/h6-8,12-13,15-16,22,24,34H,5,9-11,14,17-21,23H2,1-4H3,(H,38,48)(H,39,49)(H,40,50)(H,41,46)/t24-,34-/m0/s1. The first-order chi connectivity index (χ1) is 24.1. The van der Waals surface area contributed by atoms with Crippen molar-refractivity contribution in [2.75, 3.05) is 26.2 Å². The lowest BCUT2D eigenvalue weighted by molar-refractivity contribution is -0.131. The Hall–Kier alpha value is -5.20. The van der Waals surface area contributed by atoms with E-state index in [4.69, 9.17) is 5.10 Å². The van der Waals surface area contributed by atoms with Crippen LogP contribution in [-0.4, -0.2) is 80.1 Å². The number of amides is 4. The van der Waals surface area contributed by atoms with Crippen LogP contribution in [0.2, 0.25) is 0 Å². The maximum atomic E-state index is 13.8. The molecule has 0 radical (unpaired) electrons. The van der Waals surface area contributed by atoms with E-state index in [1.54, 1.807) is 27.7 Å². The van der Waals surface area contributed by atoms with Crippen molar-refractivity contribution in [1.82, 2.24) is 40.2 Å². The molecule has 0 spiro atoms. The van der Waals surface area contributed by atoms with E-state index in [9.17, 15) is 24.0 Å². The Morgan fingerprint density at radius 2 is 1.66 bits per heavy atom. The van der Waals surface area contributed by atoms with Gasteiger partial charge in [-0.05, 0) is 69.4 Å². The highest BCUT2D eigenvalue weighted by Crippen LogP contribution is 2.20. The van der Waals surface area contributed by atoms with Crippen LogP contribution in [0.3, 0.4) is 0 Å². The number of hydrogen-bond acceptors (Lipinski definition) is 6. The van der Waals surface area contributed by atoms with Gasteiger partial charge in [0.05, 0.1) is 28.8 Å². The first-order valence-electron chi connectivity index (χ1n) is 17.5. The second-order valence-electron chi connectivity index (χ2n) is 13.1. The Balaban J connectivity index is 1.35. The number of para-hydroxylation sites is 1. The number of nitrogens with zero attached hydrogens (tertiary/aromatic N) is 4. The van der Waals surface area contributed by atoms with Crippen LogP contribution in [0, 0.1) is 19.8 Å². The van der Waals surface area contributed by atoms with E-state index < -0.39 is 6.04 Å². The molecule has 2 aromatic heterocycles. The maximum Gasteiger partial charge on any atom is 0.326 e. The lowest BCUT2D eigenvalue weighted by atomic mass is 9.98. The lowest BCUT2D eigenvalue weighted by Crippen LogP contribution is -2.50. The minimum absolute atomic E-state index is 0.0957. The van der Waals surface area contributed by atoms with E-state index in [0.717, 1.165) is 22.6 Å². The van der Waals surface area contributed by atoms with E-state index in [2.05, 4.69) is 20.9 Å². The van der Waals surface area contributed by atoms with E-state index in [0.29, 0.717) is 75.0 Å². The SMILES string of the molecule is CC[C@H](C)[C@@H]1NC(=O)CCCN(C(=O)Cc2c(C)nn(-c3ccccc3)c2C)CCCNC(=O)c2ccc3[nH]c(=O)n(c3c2)CCCNC1=O. The third-order valence-electron chi connectivity index (χ3n) is 9.55. The maximum absolute atomic E-state index is 13.8.